The van der Waals surface area contributed by atoms with Crippen LogP contribution in [0.4, 0.5) is 4.39 Å². The highest BCUT2D eigenvalue weighted by Gasteiger charge is 2.37. The van der Waals surface area contributed by atoms with Crippen LogP contribution in [0.3, 0.4) is 0 Å². The van der Waals surface area contributed by atoms with Crippen LogP contribution in [0.1, 0.15) is 33.1 Å². The van der Waals surface area contributed by atoms with Gasteiger partial charge in [0, 0.05) is 10.9 Å². The smallest absolute Gasteiger partial charge is 0.101 e. The van der Waals surface area contributed by atoms with Crippen LogP contribution in [0.15, 0.2) is 0 Å². The Balaban J connectivity index is 2.61. The monoisotopic (exact) mass is 193 g/mol. The topological polar surface area (TPSA) is 26.0 Å². The third-order valence-corrected chi connectivity index (χ3v) is 3.18. The van der Waals surface area contributed by atoms with Crippen LogP contribution < -0.4 is 5.73 Å². The van der Waals surface area contributed by atoms with Crippen molar-refractivity contribution in [3.8, 4) is 0 Å². The van der Waals surface area contributed by atoms with Gasteiger partial charge in [-0.25, -0.2) is 4.39 Å². The van der Waals surface area contributed by atoms with E-state index in [-0.39, 0.29) is 16.8 Å². The summed E-state index contributed by atoms with van der Waals surface area (Å²) in [7, 11) is 0. The fourth-order valence-corrected chi connectivity index (χ4v) is 2.41. The molecular formula is C9H17ClFN. The van der Waals surface area contributed by atoms with Crippen LogP contribution in [0, 0.1) is 5.92 Å². The van der Waals surface area contributed by atoms with Crippen molar-refractivity contribution < 1.29 is 4.39 Å². The maximum Gasteiger partial charge on any atom is 0.101 e. The maximum atomic E-state index is 13.0. The molecule has 3 unspecified atom stereocenters. The van der Waals surface area contributed by atoms with Gasteiger partial charge in [0.2, 0.25) is 0 Å². The van der Waals surface area contributed by atoms with E-state index in [9.17, 15) is 4.39 Å². The first kappa shape index (κ1) is 10.3. The molecule has 0 aromatic rings. The molecule has 1 aliphatic carbocycles. The quantitative estimate of drug-likeness (QED) is 0.637. The molecule has 0 heterocycles. The van der Waals surface area contributed by atoms with Crippen molar-refractivity contribution in [1.82, 2.24) is 0 Å². The molecule has 0 aliphatic heterocycles. The third kappa shape index (κ3) is 2.33. The molecule has 1 saturated carbocycles. The molecule has 72 valence electrons. The van der Waals surface area contributed by atoms with Crippen LogP contribution in [0.25, 0.3) is 0 Å². The fraction of sp³-hybridized carbons (Fsp3) is 1.00. The van der Waals surface area contributed by atoms with E-state index in [1.54, 1.807) is 0 Å². The lowest BCUT2D eigenvalue weighted by atomic mass is 9.76. The lowest BCUT2D eigenvalue weighted by Crippen LogP contribution is -2.48. The van der Waals surface area contributed by atoms with Gasteiger partial charge in [-0.15, -0.1) is 11.6 Å². The molecule has 3 heteroatoms. The van der Waals surface area contributed by atoms with Gasteiger partial charge in [0.05, 0.1) is 0 Å². The first-order valence-electron chi connectivity index (χ1n) is 4.48. The number of nitrogens with two attached hydrogens (primary N) is 1. The number of rotatable bonds is 1. The summed E-state index contributed by atoms with van der Waals surface area (Å²) in [4.78, 5) is 0. The second-order valence-electron chi connectivity index (χ2n) is 4.35. The van der Waals surface area contributed by atoms with Crippen LogP contribution in [-0.4, -0.2) is 17.1 Å². The SMILES string of the molecule is CC(C)(N)C1CC(F)CCC1Cl. The Morgan fingerprint density at radius 1 is 1.42 bits per heavy atom. The summed E-state index contributed by atoms with van der Waals surface area (Å²) >= 11 is 6.09. The summed E-state index contributed by atoms with van der Waals surface area (Å²) in [5.74, 6) is 0.114. The van der Waals surface area contributed by atoms with E-state index in [4.69, 9.17) is 17.3 Å². The average Bonchev–Trinajstić information content (AvgIpc) is 1.92. The van der Waals surface area contributed by atoms with E-state index in [2.05, 4.69) is 0 Å². The summed E-state index contributed by atoms with van der Waals surface area (Å²) in [5.41, 5.74) is 5.56. The predicted octanol–water partition coefficient (Wildman–Crippen LogP) is 2.47. The second-order valence-corrected chi connectivity index (χ2v) is 4.91. The van der Waals surface area contributed by atoms with E-state index in [0.29, 0.717) is 12.8 Å². The molecule has 1 aliphatic rings. The highest BCUT2D eigenvalue weighted by atomic mass is 35.5. The van der Waals surface area contributed by atoms with Gasteiger partial charge in [0.1, 0.15) is 6.17 Å². The molecule has 12 heavy (non-hydrogen) atoms. The molecule has 0 spiro atoms. The zero-order valence-electron chi connectivity index (χ0n) is 7.69. The number of alkyl halides is 2. The summed E-state index contributed by atoms with van der Waals surface area (Å²) < 4.78 is 13.0. The normalized spacial score (nSPS) is 38.2. The van der Waals surface area contributed by atoms with Gasteiger partial charge in [0.15, 0.2) is 0 Å². The molecule has 0 amide bonds. The Labute approximate surface area is 78.5 Å². The fourth-order valence-electron chi connectivity index (χ4n) is 1.85. The van der Waals surface area contributed by atoms with Gasteiger partial charge in [-0.05, 0) is 39.0 Å². The molecule has 0 saturated heterocycles. The molecule has 3 atom stereocenters. The Morgan fingerprint density at radius 2 is 2.00 bits per heavy atom. The number of halogens is 2. The van der Waals surface area contributed by atoms with E-state index in [0.717, 1.165) is 6.42 Å². The standard InChI is InChI=1S/C9H17ClFN/c1-9(2,12)7-5-6(11)3-4-8(7)10/h6-8H,3-5,12H2,1-2H3. The maximum absolute atomic E-state index is 13.0. The van der Waals surface area contributed by atoms with Gasteiger partial charge in [-0.2, -0.15) is 0 Å². The lowest BCUT2D eigenvalue weighted by Gasteiger charge is -2.38. The van der Waals surface area contributed by atoms with Crippen LogP contribution in [0.5, 0.6) is 0 Å². The first-order chi connectivity index (χ1) is 5.41. The molecule has 1 fully saturated rings. The van der Waals surface area contributed by atoms with Gasteiger partial charge >= 0.3 is 0 Å². The first-order valence-corrected chi connectivity index (χ1v) is 4.92. The number of hydrogen-bond donors (Lipinski definition) is 1. The van der Waals surface area contributed by atoms with Crippen molar-refractivity contribution in [2.24, 2.45) is 11.7 Å². The summed E-state index contributed by atoms with van der Waals surface area (Å²) in [6.45, 7) is 3.84. The van der Waals surface area contributed by atoms with E-state index < -0.39 is 6.17 Å². The van der Waals surface area contributed by atoms with Crippen molar-refractivity contribution in [3.05, 3.63) is 0 Å². The van der Waals surface area contributed by atoms with Crippen molar-refractivity contribution in [2.75, 3.05) is 0 Å². The third-order valence-electron chi connectivity index (χ3n) is 2.66. The summed E-state index contributed by atoms with van der Waals surface area (Å²) in [5, 5.41) is 0.0528. The molecular weight excluding hydrogens is 177 g/mol. The molecule has 0 bridgehead atoms. The molecule has 0 radical (unpaired) electrons. The van der Waals surface area contributed by atoms with E-state index in [1.165, 1.54) is 0 Å². The Bertz CT molecular complexity index is 155. The van der Waals surface area contributed by atoms with Crippen molar-refractivity contribution in [1.29, 1.82) is 0 Å². The Morgan fingerprint density at radius 3 is 2.42 bits per heavy atom. The number of hydrogen-bond acceptors (Lipinski definition) is 1. The molecule has 0 aromatic carbocycles. The van der Waals surface area contributed by atoms with Crippen molar-refractivity contribution in [2.45, 2.75) is 50.2 Å². The highest BCUT2D eigenvalue weighted by Crippen LogP contribution is 2.36. The molecule has 2 N–H and O–H groups in total. The van der Waals surface area contributed by atoms with Crippen LogP contribution in [-0.2, 0) is 0 Å². The lowest BCUT2D eigenvalue weighted by molar-refractivity contribution is 0.154. The van der Waals surface area contributed by atoms with Crippen LogP contribution >= 0.6 is 11.6 Å². The van der Waals surface area contributed by atoms with E-state index >= 15 is 0 Å². The largest absolute Gasteiger partial charge is 0.325 e. The predicted molar refractivity (Wildman–Crippen MR) is 50.1 cm³/mol. The minimum Gasteiger partial charge on any atom is -0.325 e. The van der Waals surface area contributed by atoms with Crippen molar-refractivity contribution >= 4 is 11.6 Å². The molecule has 1 rings (SSSR count). The van der Waals surface area contributed by atoms with Gasteiger partial charge < -0.3 is 5.73 Å². The minimum absolute atomic E-state index is 0.0528. The molecule has 0 aromatic heterocycles. The highest BCUT2D eigenvalue weighted by molar-refractivity contribution is 6.20. The van der Waals surface area contributed by atoms with E-state index in [1.807, 2.05) is 13.8 Å². The van der Waals surface area contributed by atoms with Crippen molar-refractivity contribution in [3.63, 3.8) is 0 Å². The Kier molecular flexibility index (Phi) is 3.00. The zero-order valence-corrected chi connectivity index (χ0v) is 8.44. The molecule has 1 nitrogen and oxygen atoms in total. The van der Waals surface area contributed by atoms with Gasteiger partial charge in [-0.1, -0.05) is 0 Å². The summed E-state index contributed by atoms with van der Waals surface area (Å²) in [6, 6.07) is 0. The van der Waals surface area contributed by atoms with Crippen LogP contribution in [0.2, 0.25) is 0 Å². The van der Waals surface area contributed by atoms with Gasteiger partial charge in [0.25, 0.3) is 0 Å². The zero-order chi connectivity index (χ0) is 9.35. The second kappa shape index (κ2) is 3.51. The summed E-state index contributed by atoms with van der Waals surface area (Å²) in [6.07, 6.45) is 1.18. The average molecular weight is 194 g/mol. The van der Waals surface area contributed by atoms with Gasteiger partial charge in [-0.3, -0.25) is 0 Å². The Hall–Kier alpha value is 0.180. The minimum atomic E-state index is -0.701.